The van der Waals surface area contributed by atoms with E-state index in [0.29, 0.717) is 9.92 Å². The van der Waals surface area contributed by atoms with E-state index >= 15 is 0 Å². The summed E-state index contributed by atoms with van der Waals surface area (Å²) >= 11 is 6.88. The van der Waals surface area contributed by atoms with Crippen molar-refractivity contribution in [3.63, 3.8) is 0 Å². The zero-order chi connectivity index (χ0) is 18.5. The molecule has 0 atom stereocenters. The number of hydrogen-bond donors (Lipinski definition) is 1. The van der Waals surface area contributed by atoms with Crippen LogP contribution >= 0.6 is 23.4 Å². The van der Waals surface area contributed by atoms with Crippen LogP contribution in [-0.2, 0) is 21.1 Å². The van der Waals surface area contributed by atoms with Crippen LogP contribution in [0.1, 0.15) is 0 Å². The Kier molecular flexibility index (Phi) is 4.26. The molecule has 0 bridgehead atoms. The van der Waals surface area contributed by atoms with Crippen molar-refractivity contribution in [2.24, 2.45) is 21.1 Å². The quantitative estimate of drug-likeness (QED) is 0.728. The van der Waals surface area contributed by atoms with Gasteiger partial charge in [-0.15, -0.1) is 0 Å². The largest absolute Gasteiger partial charge is 0.506 e. The minimum atomic E-state index is -0.663. The fourth-order valence-corrected chi connectivity index (χ4v) is 3.67. The zero-order valence-corrected chi connectivity index (χ0v) is 15.2. The molecule has 0 spiro atoms. The molecular weight excluding hydrogens is 366 g/mol. The Bertz CT molecular complexity index is 1180. The van der Waals surface area contributed by atoms with Gasteiger partial charge in [-0.1, -0.05) is 23.4 Å². The minimum absolute atomic E-state index is 0.00747. The molecule has 25 heavy (non-hydrogen) atoms. The van der Waals surface area contributed by atoms with Crippen molar-refractivity contribution in [3.8, 4) is 5.75 Å². The molecule has 130 valence electrons. The maximum atomic E-state index is 12.7. The summed E-state index contributed by atoms with van der Waals surface area (Å²) < 4.78 is 3.24. The van der Waals surface area contributed by atoms with E-state index in [1.165, 1.54) is 25.7 Å². The fraction of sp³-hybridized carbons (Fsp3) is 0.188. The van der Waals surface area contributed by atoms with E-state index < -0.39 is 22.6 Å². The molecule has 7 nitrogen and oxygen atoms in total. The standard InChI is InChI=1S/C16H14ClN3O4S/c1-18-13-10(14(22)20(3)16(24)19(13)2)11(21)12(15(18)23)25-9-6-4-8(17)5-7-9/h4-7,21H,1-3H3. The Labute approximate surface area is 150 Å². The number of benzene rings is 1. The van der Waals surface area contributed by atoms with Crippen molar-refractivity contribution < 1.29 is 5.11 Å². The molecule has 1 aromatic carbocycles. The van der Waals surface area contributed by atoms with Gasteiger partial charge in [0.1, 0.15) is 15.9 Å². The maximum Gasteiger partial charge on any atom is 0.332 e. The van der Waals surface area contributed by atoms with Crippen molar-refractivity contribution >= 4 is 34.4 Å². The number of fused-ring (bicyclic) bond motifs is 1. The molecule has 3 rings (SSSR count). The second kappa shape index (κ2) is 6.12. The minimum Gasteiger partial charge on any atom is -0.506 e. The first-order valence-corrected chi connectivity index (χ1v) is 8.38. The number of nitrogens with zero attached hydrogens (tertiary/aromatic N) is 3. The van der Waals surface area contributed by atoms with Gasteiger partial charge in [0.2, 0.25) is 0 Å². The predicted octanol–water partition coefficient (Wildman–Crippen LogP) is 1.45. The number of hydrogen-bond acceptors (Lipinski definition) is 5. The Hall–Kier alpha value is -2.45. The third kappa shape index (κ3) is 2.67. The summed E-state index contributed by atoms with van der Waals surface area (Å²) in [6.07, 6.45) is 0. The number of pyridine rings is 1. The van der Waals surface area contributed by atoms with Gasteiger partial charge in [-0.2, -0.15) is 0 Å². The van der Waals surface area contributed by atoms with Crippen LogP contribution in [-0.4, -0.2) is 18.8 Å². The lowest BCUT2D eigenvalue weighted by Crippen LogP contribution is -2.39. The maximum absolute atomic E-state index is 12.7. The highest BCUT2D eigenvalue weighted by molar-refractivity contribution is 7.99. The van der Waals surface area contributed by atoms with E-state index in [4.69, 9.17) is 11.6 Å². The summed E-state index contributed by atoms with van der Waals surface area (Å²) in [6.45, 7) is 0. The summed E-state index contributed by atoms with van der Waals surface area (Å²) in [5.41, 5.74) is -1.68. The second-order valence-corrected chi connectivity index (χ2v) is 7.02. The molecule has 0 amide bonds. The molecule has 0 fully saturated rings. The molecule has 0 saturated heterocycles. The van der Waals surface area contributed by atoms with Crippen molar-refractivity contribution in [3.05, 3.63) is 60.5 Å². The first kappa shape index (κ1) is 17.4. The Morgan fingerprint density at radius 1 is 0.920 bits per heavy atom. The lowest BCUT2D eigenvalue weighted by molar-refractivity contribution is 0.462. The molecule has 0 aliphatic rings. The van der Waals surface area contributed by atoms with E-state index in [1.54, 1.807) is 24.3 Å². The highest BCUT2D eigenvalue weighted by atomic mass is 35.5. The molecule has 9 heteroatoms. The number of aromatic nitrogens is 3. The summed E-state index contributed by atoms with van der Waals surface area (Å²) in [5.74, 6) is -0.436. The molecule has 2 heterocycles. The van der Waals surface area contributed by atoms with Gasteiger partial charge >= 0.3 is 5.69 Å². The van der Waals surface area contributed by atoms with Crippen LogP contribution in [0.15, 0.2) is 48.4 Å². The molecule has 0 radical (unpaired) electrons. The first-order valence-electron chi connectivity index (χ1n) is 7.19. The molecule has 2 aromatic heterocycles. The normalized spacial score (nSPS) is 11.2. The average molecular weight is 380 g/mol. The van der Waals surface area contributed by atoms with Gasteiger partial charge in [-0.05, 0) is 24.3 Å². The number of rotatable bonds is 2. The SMILES string of the molecule is Cn1c(=O)c2c(O)c(Sc3ccc(Cl)cc3)c(=O)n(C)c2n(C)c1=O. The van der Waals surface area contributed by atoms with E-state index in [-0.39, 0.29) is 15.9 Å². The van der Waals surface area contributed by atoms with E-state index in [2.05, 4.69) is 0 Å². The summed E-state index contributed by atoms with van der Waals surface area (Å²) in [6, 6.07) is 6.73. The monoisotopic (exact) mass is 379 g/mol. The molecule has 0 saturated carbocycles. The lowest BCUT2D eigenvalue weighted by atomic mass is 10.3. The Morgan fingerprint density at radius 3 is 2.12 bits per heavy atom. The molecule has 1 N–H and O–H groups in total. The van der Waals surface area contributed by atoms with Crippen molar-refractivity contribution in [1.29, 1.82) is 0 Å². The Balaban J connectivity index is 2.39. The average Bonchev–Trinajstić information content (AvgIpc) is 2.59. The lowest BCUT2D eigenvalue weighted by Gasteiger charge is -2.14. The highest BCUT2D eigenvalue weighted by Crippen LogP contribution is 2.35. The number of aromatic hydroxyl groups is 1. The molecule has 0 unspecified atom stereocenters. The van der Waals surface area contributed by atoms with Crippen LogP contribution in [0.4, 0.5) is 0 Å². The molecule has 0 aliphatic heterocycles. The predicted molar refractivity (Wildman–Crippen MR) is 96.9 cm³/mol. The van der Waals surface area contributed by atoms with E-state index in [0.717, 1.165) is 20.9 Å². The van der Waals surface area contributed by atoms with Gasteiger partial charge in [0.05, 0.1) is 0 Å². The number of aryl methyl sites for hydroxylation is 2. The van der Waals surface area contributed by atoms with Crippen LogP contribution in [0.3, 0.4) is 0 Å². The van der Waals surface area contributed by atoms with Crippen LogP contribution in [0.2, 0.25) is 5.02 Å². The van der Waals surface area contributed by atoms with Gasteiger partial charge < -0.3 is 5.11 Å². The van der Waals surface area contributed by atoms with Gasteiger partial charge in [0, 0.05) is 31.1 Å². The van der Waals surface area contributed by atoms with Crippen LogP contribution < -0.4 is 16.8 Å². The number of halogens is 1. The molecular formula is C16H14ClN3O4S. The Morgan fingerprint density at radius 2 is 1.52 bits per heavy atom. The van der Waals surface area contributed by atoms with E-state index in [9.17, 15) is 19.5 Å². The van der Waals surface area contributed by atoms with Crippen molar-refractivity contribution in [2.45, 2.75) is 9.79 Å². The third-order valence-electron chi connectivity index (χ3n) is 3.94. The summed E-state index contributed by atoms with van der Waals surface area (Å²) in [5, 5.41) is 11.1. The third-order valence-corrected chi connectivity index (χ3v) is 5.27. The second-order valence-electron chi connectivity index (χ2n) is 5.50. The van der Waals surface area contributed by atoms with Crippen LogP contribution in [0.5, 0.6) is 5.75 Å². The van der Waals surface area contributed by atoms with Crippen LogP contribution in [0.25, 0.3) is 11.0 Å². The first-order chi connectivity index (χ1) is 11.7. The van der Waals surface area contributed by atoms with Gasteiger partial charge in [-0.3, -0.25) is 23.3 Å². The van der Waals surface area contributed by atoms with Crippen molar-refractivity contribution in [2.75, 3.05) is 0 Å². The topological polar surface area (TPSA) is 86.2 Å². The fourth-order valence-electron chi connectivity index (χ4n) is 2.61. The van der Waals surface area contributed by atoms with Gasteiger partial charge in [0.25, 0.3) is 11.1 Å². The zero-order valence-electron chi connectivity index (χ0n) is 13.6. The molecule has 3 aromatic rings. The molecule has 0 aliphatic carbocycles. The van der Waals surface area contributed by atoms with Gasteiger partial charge in [0.15, 0.2) is 5.75 Å². The highest BCUT2D eigenvalue weighted by Gasteiger charge is 2.22. The van der Waals surface area contributed by atoms with Crippen LogP contribution in [0, 0.1) is 0 Å². The summed E-state index contributed by atoms with van der Waals surface area (Å²) in [4.78, 5) is 37.9. The van der Waals surface area contributed by atoms with Crippen molar-refractivity contribution in [1.82, 2.24) is 13.7 Å². The van der Waals surface area contributed by atoms with Gasteiger partial charge in [-0.25, -0.2) is 4.79 Å². The van der Waals surface area contributed by atoms with E-state index in [1.807, 2.05) is 0 Å². The smallest absolute Gasteiger partial charge is 0.332 e. The summed E-state index contributed by atoms with van der Waals surface area (Å²) in [7, 11) is 4.21.